The molecular formula is C28H36N4O5. The second-order valence-electron chi connectivity index (χ2n) is 9.34. The molecule has 0 radical (unpaired) electrons. The van der Waals surface area contributed by atoms with E-state index in [1.54, 1.807) is 32.9 Å². The molecular weight excluding hydrogens is 472 g/mol. The summed E-state index contributed by atoms with van der Waals surface area (Å²) in [6.07, 6.45) is 0.916. The monoisotopic (exact) mass is 508 g/mol. The SMILES string of the molecule is CCN(CC)C(=O)CN1CN(c2ccccc2)C2(CCN(C(=O)c3c(OC)cccc3OC)CC2)C1=O. The van der Waals surface area contributed by atoms with Crippen LogP contribution >= 0.6 is 0 Å². The van der Waals surface area contributed by atoms with Gasteiger partial charge in [-0.05, 0) is 51.0 Å². The molecule has 2 aromatic rings. The Morgan fingerprint density at radius 3 is 2.05 bits per heavy atom. The van der Waals surface area contributed by atoms with Gasteiger partial charge in [0.15, 0.2) is 0 Å². The molecule has 0 bridgehead atoms. The minimum Gasteiger partial charge on any atom is -0.496 e. The average Bonchev–Trinajstić information content (AvgIpc) is 3.19. The highest BCUT2D eigenvalue weighted by atomic mass is 16.5. The number of amides is 3. The Kier molecular flexibility index (Phi) is 7.90. The zero-order chi connectivity index (χ0) is 26.6. The van der Waals surface area contributed by atoms with Gasteiger partial charge in [0.2, 0.25) is 5.91 Å². The number of carbonyl (C=O) groups excluding carboxylic acids is 3. The number of benzene rings is 2. The number of hydrogen-bond acceptors (Lipinski definition) is 6. The molecule has 0 unspecified atom stereocenters. The van der Waals surface area contributed by atoms with Crippen LogP contribution in [0.15, 0.2) is 48.5 Å². The van der Waals surface area contributed by atoms with Crippen molar-refractivity contribution >= 4 is 23.4 Å². The fourth-order valence-electron chi connectivity index (χ4n) is 5.46. The summed E-state index contributed by atoms with van der Waals surface area (Å²) in [6.45, 7) is 6.27. The van der Waals surface area contributed by atoms with Crippen LogP contribution in [0, 0.1) is 0 Å². The summed E-state index contributed by atoms with van der Waals surface area (Å²) in [6, 6.07) is 15.1. The highest BCUT2D eigenvalue weighted by molar-refractivity contribution is 6.00. The van der Waals surface area contributed by atoms with Crippen LogP contribution < -0.4 is 14.4 Å². The molecule has 2 saturated heterocycles. The Morgan fingerprint density at radius 1 is 0.919 bits per heavy atom. The van der Waals surface area contributed by atoms with Crippen molar-refractivity contribution in [2.75, 3.05) is 58.5 Å². The molecule has 0 aliphatic carbocycles. The first kappa shape index (κ1) is 26.3. The molecule has 0 saturated carbocycles. The standard InChI is InChI=1S/C28H36N4O5/c1-5-29(6-2)24(33)19-31-20-32(21-11-8-7-9-12-21)28(27(31)35)15-17-30(18-16-28)26(34)25-22(36-3)13-10-14-23(25)37-4/h7-14H,5-6,15-20H2,1-4H3. The number of para-hydroxylation sites is 1. The number of rotatable bonds is 8. The maximum Gasteiger partial charge on any atom is 0.261 e. The Bertz CT molecular complexity index is 1100. The van der Waals surface area contributed by atoms with Gasteiger partial charge in [0.25, 0.3) is 11.8 Å². The van der Waals surface area contributed by atoms with E-state index < -0.39 is 5.54 Å². The van der Waals surface area contributed by atoms with Gasteiger partial charge in [0.1, 0.15) is 29.1 Å². The Balaban J connectivity index is 1.59. The molecule has 1 spiro atoms. The van der Waals surface area contributed by atoms with Crippen LogP contribution in [0.4, 0.5) is 5.69 Å². The van der Waals surface area contributed by atoms with E-state index in [0.717, 1.165) is 5.69 Å². The Hall–Kier alpha value is -3.75. The van der Waals surface area contributed by atoms with Crippen molar-refractivity contribution in [3.05, 3.63) is 54.1 Å². The predicted octanol–water partition coefficient (Wildman–Crippen LogP) is 2.85. The van der Waals surface area contributed by atoms with E-state index in [1.807, 2.05) is 44.2 Å². The summed E-state index contributed by atoms with van der Waals surface area (Å²) in [7, 11) is 3.06. The van der Waals surface area contributed by atoms with E-state index in [0.29, 0.717) is 62.8 Å². The summed E-state index contributed by atoms with van der Waals surface area (Å²) in [5, 5.41) is 0. The van der Waals surface area contributed by atoms with Gasteiger partial charge in [0, 0.05) is 31.9 Å². The summed E-state index contributed by atoms with van der Waals surface area (Å²) >= 11 is 0. The van der Waals surface area contributed by atoms with Gasteiger partial charge < -0.3 is 29.1 Å². The summed E-state index contributed by atoms with van der Waals surface area (Å²) in [5.41, 5.74) is 0.499. The maximum absolute atomic E-state index is 13.9. The van der Waals surface area contributed by atoms with Crippen LogP contribution in [0.2, 0.25) is 0 Å². The van der Waals surface area contributed by atoms with Crippen molar-refractivity contribution in [2.45, 2.75) is 32.2 Å². The molecule has 2 aliphatic heterocycles. The lowest BCUT2D eigenvalue weighted by Gasteiger charge is -2.43. The van der Waals surface area contributed by atoms with Gasteiger partial charge in [-0.3, -0.25) is 14.4 Å². The van der Waals surface area contributed by atoms with Gasteiger partial charge in [-0.1, -0.05) is 24.3 Å². The lowest BCUT2D eigenvalue weighted by molar-refractivity contribution is -0.140. The first-order valence-electron chi connectivity index (χ1n) is 12.8. The molecule has 2 fully saturated rings. The van der Waals surface area contributed by atoms with E-state index in [9.17, 15) is 14.4 Å². The van der Waals surface area contributed by atoms with Crippen molar-refractivity contribution in [1.82, 2.24) is 14.7 Å². The molecule has 0 N–H and O–H groups in total. The maximum atomic E-state index is 13.9. The number of anilines is 1. The smallest absolute Gasteiger partial charge is 0.261 e. The van der Waals surface area contributed by atoms with Crippen LogP contribution in [0.5, 0.6) is 11.5 Å². The van der Waals surface area contributed by atoms with E-state index in [4.69, 9.17) is 9.47 Å². The average molecular weight is 509 g/mol. The number of hydrogen-bond donors (Lipinski definition) is 0. The highest BCUT2D eigenvalue weighted by Crippen LogP contribution is 2.40. The third kappa shape index (κ3) is 4.82. The third-order valence-electron chi connectivity index (χ3n) is 7.54. The lowest BCUT2D eigenvalue weighted by atomic mass is 9.85. The molecule has 2 aromatic carbocycles. The number of likely N-dealkylation sites (N-methyl/N-ethyl adjacent to an activating group) is 1. The van der Waals surface area contributed by atoms with Gasteiger partial charge in [0.05, 0.1) is 20.9 Å². The van der Waals surface area contributed by atoms with Gasteiger partial charge in [-0.2, -0.15) is 0 Å². The van der Waals surface area contributed by atoms with Crippen LogP contribution in [-0.4, -0.2) is 91.6 Å². The van der Waals surface area contributed by atoms with Crippen LogP contribution in [-0.2, 0) is 9.59 Å². The molecule has 37 heavy (non-hydrogen) atoms. The van der Waals surface area contributed by atoms with Crippen molar-refractivity contribution in [1.29, 1.82) is 0 Å². The second kappa shape index (κ2) is 11.1. The molecule has 0 atom stereocenters. The minimum absolute atomic E-state index is 0.0483. The first-order valence-corrected chi connectivity index (χ1v) is 12.8. The highest BCUT2D eigenvalue weighted by Gasteiger charge is 2.54. The molecule has 0 aromatic heterocycles. The normalized spacial score (nSPS) is 16.8. The fraction of sp³-hybridized carbons (Fsp3) is 0.464. The zero-order valence-corrected chi connectivity index (χ0v) is 22.1. The van der Waals surface area contributed by atoms with E-state index in [1.165, 1.54) is 14.2 Å². The van der Waals surface area contributed by atoms with Gasteiger partial charge in [-0.15, -0.1) is 0 Å². The van der Waals surface area contributed by atoms with Crippen LogP contribution in [0.3, 0.4) is 0 Å². The molecule has 2 aliphatic rings. The Morgan fingerprint density at radius 2 is 1.51 bits per heavy atom. The number of carbonyl (C=O) groups is 3. The van der Waals surface area contributed by atoms with Crippen molar-refractivity contribution in [3.8, 4) is 11.5 Å². The first-order chi connectivity index (χ1) is 17.9. The van der Waals surface area contributed by atoms with Crippen molar-refractivity contribution < 1.29 is 23.9 Å². The second-order valence-corrected chi connectivity index (χ2v) is 9.34. The lowest BCUT2D eigenvalue weighted by Crippen LogP contribution is -2.57. The van der Waals surface area contributed by atoms with Crippen LogP contribution in [0.1, 0.15) is 37.0 Å². The molecule has 9 heteroatoms. The summed E-state index contributed by atoms with van der Waals surface area (Å²) in [4.78, 5) is 47.6. The van der Waals surface area contributed by atoms with Crippen LogP contribution in [0.25, 0.3) is 0 Å². The van der Waals surface area contributed by atoms with Crippen molar-refractivity contribution in [2.24, 2.45) is 0 Å². The van der Waals surface area contributed by atoms with E-state index >= 15 is 0 Å². The van der Waals surface area contributed by atoms with Crippen molar-refractivity contribution in [3.63, 3.8) is 0 Å². The molecule has 3 amide bonds. The third-order valence-corrected chi connectivity index (χ3v) is 7.54. The fourth-order valence-corrected chi connectivity index (χ4v) is 5.46. The summed E-state index contributed by atoms with van der Waals surface area (Å²) in [5.74, 6) is 0.606. The zero-order valence-electron chi connectivity index (χ0n) is 22.1. The number of methoxy groups -OCH3 is 2. The Labute approximate surface area is 218 Å². The molecule has 4 rings (SSSR count). The molecule has 2 heterocycles. The number of piperidine rings is 1. The number of ether oxygens (including phenoxy) is 2. The summed E-state index contributed by atoms with van der Waals surface area (Å²) < 4.78 is 10.9. The quantitative estimate of drug-likeness (QED) is 0.546. The van der Waals surface area contributed by atoms with E-state index in [2.05, 4.69) is 4.90 Å². The molecule has 9 nitrogen and oxygen atoms in total. The largest absolute Gasteiger partial charge is 0.496 e. The molecule has 198 valence electrons. The van der Waals surface area contributed by atoms with Gasteiger partial charge in [-0.25, -0.2) is 0 Å². The van der Waals surface area contributed by atoms with E-state index in [-0.39, 0.29) is 24.3 Å². The topological polar surface area (TPSA) is 82.6 Å². The number of likely N-dealkylation sites (tertiary alicyclic amines) is 1. The number of nitrogens with zero attached hydrogens (tertiary/aromatic N) is 4. The predicted molar refractivity (Wildman–Crippen MR) is 141 cm³/mol. The minimum atomic E-state index is -0.813. The van der Waals surface area contributed by atoms with Gasteiger partial charge >= 0.3 is 0 Å².